The number of hydrazone groups is 1. The van der Waals surface area contributed by atoms with Gasteiger partial charge in [-0.3, -0.25) is 9.59 Å². The second-order valence-corrected chi connectivity index (χ2v) is 5.43. The van der Waals surface area contributed by atoms with Gasteiger partial charge >= 0.3 is 11.8 Å². The molecule has 0 radical (unpaired) electrons. The van der Waals surface area contributed by atoms with Crippen LogP contribution in [-0.4, -0.2) is 25.1 Å². The van der Waals surface area contributed by atoms with Crippen molar-refractivity contribution in [3.05, 3.63) is 71.8 Å². The van der Waals surface area contributed by atoms with E-state index >= 15 is 0 Å². The molecule has 6 nitrogen and oxygen atoms in total. The van der Waals surface area contributed by atoms with Crippen molar-refractivity contribution >= 4 is 24.1 Å². The van der Waals surface area contributed by atoms with E-state index in [1.165, 1.54) is 6.21 Å². The molecule has 6 heteroatoms. The van der Waals surface area contributed by atoms with Crippen LogP contribution in [0.1, 0.15) is 24.1 Å². The number of methoxy groups -OCH3 is 1. The highest BCUT2D eigenvalue weighted by molar-refractivity contribution is 6.35. The lowest BCUT2D eigenvalue weighted by Gasteiger charge is -2.13. The molecule has 0 fully saturated rings. The Bertz CT molecular complexity index is 801. The average molecular weight is 351 g/mol. The first kappa shape index (κ1) is 18.9. The molecule has 0 saturated carbocycles. The number of benzene rings is 2. The van der Waals surface area contributed by atoms with Crippen molar-refractivity contribution in [2.24, 2.45) is 5.10 Å². The second-order valence-electron chi connectivity index (χ2n) is 5.43. The molecule has 0 aliphatic rings. The highest BCUT2D eigenvalue weighted by Crippen LogP contribution is 2.18. The highest BCUT2D eigenvalue weighted by Gasteiger charge is 2.16. The maximum Gasteiger partial charge on any atom is 0.329 e. The molecule has 2 N–H and O–H groups in total. The third kappa shape index (κ3) is 5.59. The first-order chi connectivity index (χ1) is 12.6. The van der Waals surface area contributed by atoms with Crippen molar-refractivity contribution in [3.8, 4) is 5.75 Å². The highest BCUT2D eigenvalue weighted by atomic mass is 16.5. The predicted octanol–water partition coefficient (Wildman–Crippen LogP) is 2.69. The minimum absolute atomic E-state index is 0.274. The van der Waals surface area contributed by atoms with Crippen LogP contribution in [0.15, 0.2) is 65.8 Å². The number of hydrogen-bond donors (Lipinski definition) is 2. The molecule has 0 heterocycles. The van der Waals surface area contributed by atoms with Gasteiger partial charge in [0, 0.05) is 11.8 Å². The molecule has 0 bridgehead atoms. The molecule has 0 saturated heterocycles. The number of carbonyl (C=O) groups excluding carboxylic acids is 2. The van der Waals surface area contributed by atoms with E-state index in [9.17, 15) is 9.59 Å². The van der Waals surface area contributed by atoms with Gasteiger partial charge in [-0.25, -0.2) is 5.43 Å². The molecule has 0 aliphatic heterocycles. The van der Waals surface area contributed by atoms with Gasteiger partial charge in [0.2, 0.25) is 0 Å². The SMILES string of the molecule is COc1ccccc1/C=C/C=N/NC(=O)C(=O)NC(C)c1ccccc1. The summed E-state index contributed by atoms with van der Waals surface area (Å²) < 4.78 is 5.23. The first-order valence-corrected chi connectivity index (χ1v) is 8.10. The Morgan fingerprint density at radius 3 is 2.46 bits per heavy atom. The normalized spacial score (nSPS) is 12.1. The summed E-state index contributed by atoms with van der Waals surface area (Å²) in [5, 5.41) is 6.35. The second kappa shape index (κ2) is 9.78. The number of hydrogen-bond acceptors (Lipinski definition) is 4. The van der Waals surface area contributed by atoms with Crippen LogP contribution in [-0.2, 0) is 9.59 Å². The van der Waals surface area contributed by atoms with Crippen LogP contribution in [0.2, 0.25) is 0 Å². The smallest absolute Gasteiger partial charge is 0.329 e. The third-order valence-electron chi connectivity index (χ3n) is 3.59. The molecule has 0 aromatic heterocycles. The fourth-order valence-corrected chi connectivity index (χ4v) is 2.23. The molecular formula is C20H21N3O3. The Balaban J connectivity index is 1.83. The van der Waals surface area contributed by atoms with Gasteiger partial charge in [0.15, 0.2) is 0 Å². The number of allylic oxidation sites excluding steroid dienone is 1. The monoisotopic (exact) mass is 351 g/mol. The van der Waals surface area contributed by atoms with Crippen molar-refractivity contribution in [1.82, 2.24) is 10.7 Å². The van der Waals surface area contributed by atoms with Crippen molar-refractivity contribution < 1.29 is 14.3 Å². The number of nitrogens with one attached hydrogen (secondary N) is 2. The Morgan fingerprint density at radius 2 is 1.73 bits per heavy atom. The topological polar surface area (TPSA) is 79.8 Å². The van der Waals surface area contributed by atoms with E-state index in [2.05, 4.69) is 15.8 Å². The van der Waals surface area contributed by atoms with Crippen molar-refractivity contribution in [2.45, 2.75) is 13.0 Å². The van der Waals surface area contributed by atoms with E-state index < -0.39 is 11.8 Å². The minimum atomic E-state index is -0.824. The van der Waals surface area contributed by atoms with Gasteiger partial charge in [0.25, 0.3) is 0 Å². The Hall–Kier alpha value is -3.41. The lowest BCUT2D eigenvalue weighted by Crippen LogP contribution is -2.39. The minimum Gasteiger partial charge on any atom is -0.496 e. The Kier molecular flexibility index (Phi) is 7.12. The lowest BCUT2D eigenvalue weighted by atomic mass is 10.1. The van der Waals surface area contributed by atoms with Crippen LogP contribution in [0, 0.1) is 0 Å². The Labute approximate surface area is 152 Å². The molecule has 2 rings (SSSR count). The van der Waals surface area contributed by atoms with Gasteiger partial charge in [0.1, 0.15) is 5.75 Å². The molecule has 26 heavy (non-hydrogen) atoms. The van der Waals surface area contributed by atoms with Crippen LogP contribution in [0.4, 0.5) is 0 Å². The summed E-state index contributed by atoms with van der Waals surface area (Å²) in [5.74, 6) is -0.836. The van der Waals surface area contributed by atoms with Crippen molar-refractivity contribution in [2.75, 3.05) is 7.11 Å². The fourth-order valence-electron chi connectivity index (χ4n) is 2.23. The first-order valence-electron chi connectivity index (χ1n) is 8.10. The van der Waals surface area contributed by atoms with E-state index in [0.29, 0.717) is 0 Å². The molecule has 0 spiro atoms. The zero-order chi connectivity index (χ0) is 18.8. The van der Waals surface area contributed by atoms with E-state index in [4.69, 9.17) is 4.74 Å². The van der Waals surface area contributed by atoms with Gasteiger partial charge in [-0.05, 0) is 30.7 Å². The number of nitrogens with zero attached hydrogens (tertiary/aromatic N) is 1. The van der Waals surface area contributed by atoms with E-state index in [1.807, 2.05) is 54.6 Å². The molecule has 134 valence electrons. The lowest BCUT2D eigenvalue weighted by molar-refractivity contribution is -0.139. The summed E-state index contributed by atoms with van der Waals surface area (Å²) in [7, 11) is 1.59. The summed E-state index contributed by atoms with van der Waals surface area (Å²) in [6.45, 7) is 1.81. The van der Waals surface area contributed by atoms with E-state index in [0.717, 1.165) is 16.9 Å². The molecule has 1 unspecified atom stereocenters. The maximum atomic E-state index is 11.9. The number of rotatable bonds is 6. The van der Waals surface area contributed by atoms with Crippen molar-refractivity contribution in [1.29, 1.82) is 0 Å². The summed E-state index contributed by atoms with van der Waals surface area (Å²) >= 11 is 0. The Morgan fingerprint density at radius 1 is 1.04 bits per heavy atom. The number of amides is 2. The van der Waals surface area contributed by atoms with Gasteiger partial charge in [0.05, 0.1) is 13.2 Å². The molecular weight excluding hydrogens is 330 g/mol. The van der Waals surface area contributed by atoms with Crippen LogP contribution < -0.4 is 15.5 Å². The van der Waals surface area contributed by atoms with Crippen molar-refractivity contribution in [3.63, 3.8) is 0 Å². The summed E-state index contributed by atoms with van der Waals surface area (Å²) in [4.78, 5) is 23.6. The maximum absolute atomic E-state index is 11.9. The summed E-state index contributed by atoms with van der Waals surface area (Å²) in [6.07, 6.45) is 4.81. The van der Waals surface area contributed by atoms with Crippen LogP contribution in [0.5, 0.6) is 5.75 Å². The van der Waals surface area contributed by atoms with Crippen LogP contribution >= 0.6 is 0 Å². The van der Waals surface area contributed by atoms with Crippen LogP contribution in [0.25, 0.3) is 6.08 Å². The van der Waals surface area contributed by atoms with Gasteiger partial charge < -0.3 is 10.1 Å². The quantitative estimate of drug-likeness (QED) is 0.477. The van der Waals surface area contributed by atoms with Gasteiger partial charge in [-0.2, -0.15) is 5.10 Å². The third-order valence-corrected chi connectivity index (χ3v) is 3.59. The molecule has 2 aromatic rings. The molecule has 1 atom stereocenters. The summed E-state index contributed by atoms with van der Waals surface area (Å²) in [5.41, 5.74) is 3.98. The van der Waals surface area contributed by atoms with Gasteiger partial charge in [-0.15, -0.1) is 0 Å². The largest absolute Gasteiger partial charge is 0.496 e. The zero-order valence-corrected chi connectivity index (χ0v) is 14.7. The average Bonchev–Trinajstić information content (AvgIpc) is 2.68. The number of carbonyl (C=O) groups is 2. The zero-order valence-electron chi connectivity index (χ0n) is 14.7. The van der Waals surface area contributed by atoms with Gasteiger partial charge in [-0.1, -0.05) is 48.5 Å². The van der Waals surface area contributed by atoms with E-state index in [-0.39, 0.29) is 6.04 Å². The predicted molar refractivity (Wildman–Crippen MR) is 102 cm³/mol. The standard InChI is InChI=1S/C20H21N3O3/c1-15(16-9-4-3-5-10-16)22-19(24)20(25)23-21-14-8-12-17-11-6-7-13-18(17)26-2/h3-15H,1-2H3,(H,22,24)(H,23,25)/b12-8+,21-14+. The van der Waals surface area contributed by atoms with E-state index in [1.54, 1.807) is 26.2 Å². The summed E-state index contributed by atoms with van der Waals surface area (Å²) in [6, 6.07) is 16.6. The molecule has 2 amide bonds. The molecule has 2 aromatic carbocycles. The fraction of sp³-hybridized carbons (Fsp3) is 0.150. The number of para-hydroxylation sites is 1. The molecule has 0 aliphatic carbocycles. The number of ether oxygens (including phenoxy) is 1. The van der Waals surface area contributed by atoms with Crippen LogP contribution in [0.3, 0.4) is 0 Å².